The normalized spacial score (nSPS) is 12.4. The first-order valence-corrected chi connectivity index (χ1v) is 5.50. The first-order chi connectivity index (χ1) is 8.16. The molecule has 0 saturated carbocycles. The molecular weight excluding hydrogens is 241 g/mol. The molecule has 0 aliphatic carbocycles. The van der Waals surface area contributed by atoms with Crippen LogP contribution in [0.25, 0.3) is 0 Å². The lowest BCUT2D eigenvalue weighted by atomic mass is 10.0. The van der Waals surface area contributed by atoms with E-state index in [0.29, 0.717) is 6.42 Å². The van der Waals surface area contributed by atoms with Crippen molar-refractivity contribution in [2.75, 3.05) is 0 Å². The molecule has 0 aliphatic heterocycles. The SMILES string of the molecule is NC(Cc1ccc(Cl)c(F)c1)c1ccncn1. The van der Waals surface area contributed by atoms with Crippen LogP contribution in [0.3, 0.4) is 0 Å². The van der Waals surface area contributed by atoms with Crippen LogP contribution < -0.4 is 5.73 Å². The van der Waals surface area contributed by atoms with Gasteiger partial charge in [-0.1, -0.05) is 17.7 Å². The smallest absolute Gasteiger partial charge is 0.142 e. The van der Waals surface area contributed by atoms with E-state index in [1.54, 1.807) is 18.3 Å². The molecule has 0 fully saturated rings. The van der Waals surface area contributed by atoms with Gasteiger partial charge in [0.05, 0.1) is 16.8 Å². The molecule has 5 heteroatoms. The van der Waals surface area contributed by atoms with Gasteiger partial charge < -0.3 is 5.73 Å². The van der Waals surface area contributed by atoms with Crippen LogP contribution in [-0.4, -0.2) is 9.97 Å². The third kappa shape index (κ3) is 2.99. The van der Waals surface area contributed by atoms with Crippen molar-refractivity contribution in [2.24, 2.45) is 5.73 Å². The van der Waals surface area contributed by atoms with E-state index in [0.717, 1.165) is 11.3 Å². The summed E-state index contributed by atoms with van der Waals surface area (Å²) in [7, 11) is 0. The number of hydrogen-bond acceptors (Lipinski definition) is 3. The van der Waals surface area contributed by atoms with Crippen molar-refractivity contribution < 1.29 is 4.39 Å². The second-order valence-electron chi connectivity index (χ2n) is 3.69. The molecule has 2 N–H and O–H groups in total. The van der Waals surface area contributed by atoms with Gasteiger partial charge in [-0.3, -0.25) is 0 Å². The van der Waals surface area contributed by atoms with Gasteiger partial charge >= 0.3 is 0 Å². The summed E-state index contributed by atoms with van der Waals surface area (Å²) in [5.74, 6) is -0.431. The number of halogens is 2. The van der Waals surface area contributed by atoms with Crippen molar-refractivity contribution in [1.82, 2.24) is 9.97 Å². The Bertz CT molecular complexity index is 504. The van der Waals surface area contributed by atoms with Crippen molar-refractivity contribution in [2.45, 2.75) is 12.5 Å². The molecule has 0 bridgehead atoms. The maximum atomic E-state index is 13.2. The summed E-state index contributed by atoms with van der Waals surface area (Å²) >= 11 is 5.61. The van der Waals surface area contributed by atoms with E-state index in [1.165, 1.54) is 18.5 Å². The molecule has 0 amide bonds. The zero-order valence-corrected chi connectivity index (χ0v) is 9.73. The van der Waals surface area contributed by atoms with Gasteiger partial charge in [0.25, 0.3) is 0 Å². The molecule has 1 heterocycles. The zero-order valence-electron chi connectivity index (χ0n) is 8.98. The number of nitrogens with zero attached hydrogens (tertiary/aromatic N) is 2. The van der Waals surface area contributed by atoms with Crippen molar-refractivity contribution in [3.63, 3.8) is 0 Å². The summed E-state index contributed by atoms with van der Waals surface area (Å²) in [6.07, 6.45) is 3.58. The van der Waals surface area contributed by atoms with Crippen molar-refractivity contribution in [1.29, 1.82) is 0 Å². The van der Waals surface area contributed by atoms with Crippen LogP contribution in [-0.2, 0) is 6.42 Å². The van der Waals surface area contributed by atoms with Gasteiger partial charge in [-0.05, 0) is 30.2 Å². The Balaban J connectivity index is 2.13. The summed E-state index contributed by atoms with van der Waals surface area (Å²) in [5, 5.41) is 0.115. The third-order valence-electron chi connectivity index (χ3n) is 2.42. The maximum absolute atomic E-state index is 13.2. The minimum atomic E-state index is -0.431. The Morgan fingerprint density at radius 3 is 2.82 bits per heavy atom. The van der Waals surface area contributed by atoms with Gasteiger partial charge in [0.15, 0.2) is 0 Å². The highest BCUT2D eigenvalue weighted by molar-refractivity contribution is 6.30. The van der Waals surface area contributed by atoms with E-state index in [-0.39, 0.29) is 11.1 Å². The maximum Gasteiger partial charge on any atom is 0.142 e. The quantitative estimate of drug-likeness (QED) is 0.912. The minimum absolute atomic E-state index is 0.115. The molecule has 2 rings (SSSR count). The van der Waals surface area contributed by atoms with Gasteiger partial charge in [-0.25, -0.2) is 14.4 Å². The van der Waals surface area contributed by atoms with Crippen molar-refractivity contribution in [3.8, 4) is 0 Å². The lowest BCUT2D eigenvalue weighted by molar-refractivity contribution is 0.621. The molecule has 0 radical (unpaired) electrons. The summed E-state index contributed by atoms with van der Waals surface area (Å²) in [5.41, 5.74) is 7.49. The standard InChI is InChI=1S/C12H11ClFN3/c13-9-2-1-8(5-10(9)14)6-11(15)12-3-4-16-7-17-12/h1-5,7,11H,6,15H2. The van der Waals surface area contributed by atoms with Gasteiger partial charge in [0.1, 0.15) is 12.1 Å². The van der Waals surface area contributed by atoms with Crippen LogP contribution in [0.2, 0.25) is 5.02 Å². The summed E-state index contributed by atoms with van der Waals surface area (Å²) in [4.78, 5) is 7.88. The van der Waals surface area contributed by atoms with Crippen LogP contribution in [0.5, 0.6) is 0 Å². The Hall–Kier alpha value is -1.52. The predicted octanol–water partition coefficient (Wildman–Crippen LogP) is 2.51. The third-order valence-corrected chi connectivity index (χ3v) is 2.73. The van der Waals surface area contributed by atoms with Crippen LogP contribution in [0, 0.1) is 5.82 Å². The monoisotopic (exact) mass is 251 g/mol. The molecule has 0 saturated heterocycles. The van der Waals surface area contributed by atoms with Gasteiger partial charge in [-0.15, -0.1) is 0 Å². The van der Waals surface area contributed by atoms with Crippen LogP contribution in [0.1, 0.15) is 17.3 Å². The fourth-order valence-electron chi connectivity index (χ4n) is 1.55. The Labute approximate surface area is 103 Å². The Morgan fingerprint density at radius 1 is 1.35 bits per heavy atom. The van der Waals surface area contributed by atoms with E-state index >= 15 is 0 Å². The molecule has 2 aromatic rings. The van der Waals surface area contributed by atoms with E-state index in [4.69, 9.17) is 17.3 Å². The molecule has 0 aliphatic rings. The molecule has 1 unspecified atom stereocenters. The highest BCUT2D eigenvalue weighted by atomic mass is 35.5. The highest BCUT2D eigenvalue weighted by Crippen LogP contribution is 2.19. The number of rotatable bonds is 3. The largest absolute Gasteiger partial charge is 0.322 e. The average molecular weight is 252 g/mol. The summed E-state index contributed by atoms with van der Waals surface area (Å²) < 4.78 is 13.2. The topological polar surface area (TPSA) is 51.8 Å². The predicted molar refractivity (Wildman–Crippen MR) is 64.1 cm³/mol. The Morgan fingerprint density at radius 2 is 2.18 bits per heavy atom. The fraction of sp³-hybridized carbons (Fsp3) is 0.167. The second-order valence-corrected chi connectivity index (χ2v) is 4.10. The van der Waals surface area contributed by atoms with Crippen LogP contribution in [0.15, 0.2) is 36.8 Å². The molecule has 1 aromatic carbocycles. The van der Waals surface area contributed by atoms with E-state index in [1.807, 2.05) is 0 Å². The van der Waals surface area contributed by atoms with Crippen molar-refractivity contribution in [3.05, 3.63) is 58.9 Å². The first kappa shape index (κ1) is 12.0. The molecule has 0 spiro atoms. The summed E-state index contributed by atoms with van der Waals surface area (Å²) in [6.45, 7) is 0. The van der Waals surface area contributed by atoms with E-state index < -0.39 is 5.82 Å². The molecule has 17 heavy (non-hydrogen) atoms. The first-order valence-electron chi connectivity index (χ1n) is 5.12. The lowest BCUT2D eigenvalue weighted by Crippen LogP contribution is -2.15. The van der Waals surface area contributed by atoms with Crippen LogP contribution in [0.4, 0.5) is 4.39 Å². The molecule has 3 nitrogen and oxygen atoms in total. The average Bonchev–Trinajstić information content (AvgIpc) is 2.35. The second kappa shape index (κ2) is 5.21. The molecular formula is C12H11ClFN3. The van der Waals surface area contributed by atoms with Gasteiger partial charge in [-0.2, -0.15) is 0 Å². The minimum Gasteiger partial charge on any atom is -0.322 e. The molecule has 1 atom stereocenters. The number of benzene rings is 1. The van der Waals surface area contributed by atoms with Crippen LogP contribution >= 0.6 is 11.6 Å². The van der Waals surface area contributed by atoms with E-state index in [9.17, 15) is 4.39 Å². The number of nitrogens with two attached hydrogens (primary N) is 1. The molecule has 1 aromatic heterocycles. The Kier molecular flexibility index (Phi) is 3.66. The van der Waals surface area contributed by atoms with E-state index in [2.05, 4.69) is 9.97 Å². The lowest BCUT2D eigenvalue weighted by Gasteiger charge is -2.10. The highest BCUT2D eigenvalue weighted by Gasteiger charge is 2.09. The zero-order chi connectivity index (χ0) is 12.3. The van der Waals surface area contributed by atoms with Gasteiger partial charge in [0.2, 0.25) is 0 Å². The number of hydrogen-bond donors (Lipinski definition) is 1. The number of aromatic nitrogens is 2. The van der Waals surface area contributed by atoms with Crippen molar-refractivity contribution >= 4 is 11.6 Å². The fourth-order valence-corrected chi connectivity index (χ4v) is 1.66. The summed E-state index contributed by atoms with van der Waals surface area (Å²) in [6, 6.07) is 6.14. The van der Waals surface area contributed by atoms with Gasteiger partial charge in [0, 0.05) is 6.20 Å². The molecule has 88 valence electrons.